The highest BCUT2D eigenvalue weighted by molar-refractivity contribution is 5.79. The summed E-state index contributed by atoms with van der Waals surface area (Å²) in [7, 11) is 0. The van der Waals surface area contributed by atoms with Crippen molar-refractivity contribution >= 4 is 6.21 Å². The predicted octanol–water partition coefficient (Wildman–Crippen LogP) is 3.14. The second-order valence-corrected chi connectivity index (χ2v) is 3.31. The molecule has 2 aromatic carbocycles. The van der Waals surface area contributed by atoms with Crippen LogP contribution in [0.1, 0.15) is 5.56 Å². The lowest BCUT2D eigenvalue weighted by Gasteiger charge is -2.00. The van der Waals surface area contributed by atoms with Gasteiger partial charge in [0.25, 0.3) is 0 Å². The summed E-state index contributed by atoms with van der Waals surface area (Å²) in [5.74, 6) is 0.840. The fraction of sp³-hybridized carbons (Fsp3) is 0.0714. The van der Waals surface area contributed by atoms with E-state index in [4.69, 9.17) is 4.74 Å². The molecule has 0 spiro atoms. The molecule has 0 amide bonds. The summed E-state index contributed by atoms with van der Waals surface area (Å²) >= 11 is 0. The van der Waals surface area contributed by atoms with Crippen LogP contribution in [0.4, 0.5) is 0 Å². The smallest absolute Gasteiger partial charge is 0.179 e. The molecule has 0 atom stereocenters. The third-order valence-corrected chi connectivity index (χ3v) is 2.09. The summed E-state index contributed by atoms with van der Waals surface area (Å²) < 4.78 is 5.43. The Bertz CT molecular complexity index is 437. The number of hydrogen-bond acceptors (Lipinski definition) is 2. The lowest BCUT2D eigenvalue weighted by molar-refractivity contribution is 0.332. The molecule has 0 radical (unpaired) electrons. The van der Waals surface area contributed by atoms with Gasteiger partial charge in [-0.15, -0.1) is 0 Å². The molecule has 0 unspecified atom stereocenters. The van der Waals surface area contributed by atoms with Crippen LogP contribution in [-0.4, -0.2) is 12.9 Å². The Morgan fingerprint density at radius 3 is 2.19 bits per heavy atom. The SMILES string of the molecule is C(=NCOc1ccccc1)c1ccccc1. The van der Waals surface area contributed by atoms with Gasteiger partial charge in [-0.3, -0.25) is 4.99 Å². The molecule has 0 aliphatic carbocycles. The highest BCUT2D eigenvalue weighted by atomic mass is 16.5. The first-order valence-corrected chi connectivity index (χ1v) is 5.18. The van der Waals surface area contributed by atoms with Crippen LogP contribution >= 0.6 is 0 Å². The molecule has 2 nitrogen and oxygen atoms in total. The van der Waals surface area contributed by atoms with E-state index in [9.17, 15) is 0 Å². The summed E-state index contributed by atoms with van der Waals surface area (Å²) in [5.41, 5.74) is 1.08. The van der Waals surface area contributed by atoms with E-state index in [1.54, 1.807) is 0 Å². The number of aliphatic imine (C=N–C) groups is 1. The molecule has 16 heavy (non-hydrogen) atoms. The van der Waals surface area contributed by atoms with Gasteiger partial charge in [-0.05, 0) is 17.7 Å². The van der Waals surface area contributed by atoms with Gasteiger partial charge in [0.15, 0.2) is 6.73 Å². The van der Waals surface area contributed by atoms with E-state index < -0.39 is 0 Å². The average Bonchev–Trinajstić information content (AvgIpc) is 2.37. The molecule has 0 N–H and O–H groups in total. The molecule has 0 heterocycles. The Kier molecular flexibility index (Phi) is 3.72. The fourth-order valence-corrected chi connectivity index (χ4v) is 1.31. The van der Waals surface area contributed by atoms with Gasteiger partial charge in [-0.2, -0.15) is 0 Å². The summed E-state index contributed by atoms with van der Waals surface area (Å²) in [6.45, 7) is 0.346. The minimum atomic E-state index is 0.346. The zero-order valence-corrected chi connectivity index (χ0v) is 8.91. The van der Waals surface area contributed by atoms with E-state index in [1.807, 2.05) is 66.9 Å². The van der Waals surface area contributed by atoms with E-state index in [-0.39, 0.29) is 0 Å². The number of benzene rings is 2. The van der Waals surface area contributed by atoms with E-state index in [0.29, 0.717) is 6.73 Å². The maximum Gasteiger partial charge on any atom is 0.179 e. The van der Waals surface area contributed by atoms with Crippen LogP contribution in [0.15, 0.2) is 65.7 Å². The van der Waals surface area contributed by atoms with Crippen LogP contribution in [0.2, 0.25) is 0 Å². The Balaban J connectivity index is 1.83. The molecule has 0 bridgehead atoms. The maximum absolute atomic E-state index is 5.43. The van der Waals surface area contributed by atoms with Gasteiger partial charge in [0.1, 0.15) is 5.75 Å². The molecule has 2 aromatic rings. The van der Waals surface area contributed by atoms with Crippen molar-refractivity contribution in [2.24, 2.45) is 4.99 Å². The zero-order chi connectivity index (χ0) is 11.1. The summed E-state index contributed by atoms with van der Waals surface area (Å²) in [6, 6.07) is 19.6. The number of nitrogens with zero attached hydrogens (tertiary/aromatic N) is 1. The van der Waals surface area contributed by atoms with Gasteiger partial charge in [-0.1, -0.05) is 48.5 Å². The monoisotopic (exact) mass is 211 g/mol. The average molecular weight is 211 g/mol. The van der Waals surface area contributed by atoms with Crippen molar-refractivity contribution in [2.45, 2.75) is 0 Å². The molecular formula is C14H13NO. The summed E-state index contributed by atoms with van der Waals surface area (Å²) in [4.78, 5) is 4.19. The van der Waals surface area contributed by atoms with Crippen LogP contribution in [0.25, 0.3) is 0 Å². The minimum absolute atomic E-state index is 0.346. The molecule has 0 fully saturated rings. The first kappa shape index (κ1) is 10.4. The maximum atomic E-state index is 5.43. The summed E-state index contributed by atoms with van der Waals surface area (Å²) in [6.07, 6.45) is 1.81. The normalized spacial score (nSPS) is 10.5. The molecule has 2 heteroatoms. The van der Waals surface area contributed by atoms with Gasteiger partial charge in [0.05, 0.1) is 0 Å². The third-order valence-electron chi connectivity index (χ3n) is 2.09. The molecule has 80 valence electrons. The van der Waals surface area contributed by atoms with Crippen molar-refractivity contribution in [3.63, 3.8) is 0 Å². The van der Waals surface area contributed by atoms with Crippen LogP contribution in [-0.2, 0) is 0 Å². The van der Waals surface area contributed by atoms with E-state index in [0.717, 1.165) is 11.3 Å². The topological polar surface area (TPSA) is 21.6 Å². The highest BCUT2D eigenvalue weighted by Gasteiger charge is 1.88. The van der Waals surface area contributed by atoms with Crippen LogP contribution in [0.5, 0.6) is 5.75 Å². The molecule has 0 aliphatic heterocycles. The first-order chi connectivity index (χ1) is 7.95. The Morgan fingerprint density at radius 2 is 1.50 bits per heavy atom. The quantitative estimate of drug-likeness (QED) is 0.712. The number of para-hydroxylation sites is 1. The number of rotatable bonds is 4. The summed E-state index contributed by atoms with van der Waals surface area (Å²) in [5, 5.41) is 0. The van der Waals surface area contributed by atoms with Crippen LogP contribution in [0.3, 0.4) is 0 Å². The first-order valence-electron chi connectivity index (χ1n) is 5.18. The second kappa shape index (κ2) is 5.71. The van der Waals surface area contributed by atoms with Gasteiger partial charge >= 0.3 is 0 Å². The van der Waals surface area contributed by atoms with Gasteiger partial charge in [-0.25, -0.2) is 0 Å². The molecule has 0 saturated carbocycles. The molecule has 0 aliphatic rings. The largest absolute Gasteiger partial charge is 0.471 e. The minimum Gasteiger partial charge on any atom is -0.471 e. The molecule has 0 saturated heterocycles. The number of hydrogen-bond donors (Lipinski definition) is 0. The molecular weight excluding hydrogens is 198 g/mol. The van der Waals surface area contributed by atoms with Gasteiger partial charge in [0.2, 0.25) is 0 Å². The standard InChI is InChI=1S/C14H13NO/c1-3-7-13(8-4-1)11-15-12-16-14-9-5-2-6-10-14/h1-11H,12H2. The van der Waals surface area contributed by atoms with Gasteiger partial charge in [0, 0.05) is 6.21 Å². The Labute approximate surface area is 95.2 Å². The lowest BCUT2D eigenvalue weighted by Crippen LogP contribution is -1.94. The van der Waals surface area contributed by atoms with Crippen molar-refractivity contribution in [3.8, 4) is 5.75 Å². The van der Waals surface area contributed by atoms with Crippen molar-refractivity contribution in [1.29, 1.82) is 0 Å². The number of ether oxygens (including phenoxy) is 1. The van der Waals surface area contributed by atoms with E-state index in [1.165, 1.54) is 0 Å². The van der Waals surface area contributed by atoms with Crippen LogP contribution < -0.4 is 4.74 Å². The zero-order valence-electron chi connectivity index (χ0n) is 8.91. The lowest BCUT2D eigenvalue weighted by atomic mass is 10.2. The third kappa shape index (κ3) is 3.24. The van der Waals surface area contributed by atoms with E-state index in [2.05, 4.69) is 4.99 Å². The predicted molar refractivity (Wildman–Crippen MR) is 66.0 cm³/mol. The Morgan fingerprint density at radius 1 is 0.875 bits per heavy atom. The van der Waals surface area contributed by atoms with Gasteiger partial charge < -0.3 is 4.74 Å². The Hall–Kier alpha value is -2.09. The van der Waals surface area contributed by atoms with Crippen molar-refractivity contribution in [2.75, 3.05) is 6.73 Å². The molecule has 0 aromatic heterocycles. The van der Waals surface area contributed by atoms with Crippen molar-refractivity contribution in [3.05, 3.63) is 66.2 Å². The second-order valence-electron chi connectivity index (χ2n) is 3.31. The fourth-order valence-electron chi connectivity index (χ4n) is 1.31. The molecule has 2 rings (SSSR count). The van der Waals surface area contributed by atoms with E-state index >= 15 is 0 Å². The van der Waals surface area contributed by atoms with Crippen molar-refractivity contribution in [1.82, 2.24) is 0 Å². The van der Waals surface area contributed by atoms with Crippen molar-refractivity contribution < 1.29 is 4.74 Å². The van der Waals surface area contributed by atoms with Crippen LogP contribution in [0, 0.1) is 0 Å². The highest BCUT2D eigenvalue weighted by Crippen LogP contribution is 2.07.